The van der Waals surface area contributed by atoms with E-state index in [9.17, 15) is 35.9 Å². The Morgan fingerprint density at radius 3 is 2.26 bits per heavy atom. The summed E-state index contributed by atoms with van der Waals surface area (Å²) in [5, 5.41) is 3.64. The average molecular weight is 451 g/mol. The molecule has 31 heavy (non-hydrogen) atoms. The molecule has 1 N–H and O–H groups in total. The minimum atomic E-state index is -5.75. The molecule has 2 heterocycles. The summed E-state index contributed by atoms with van der Waals surface area (Å²) in [6.45, 7) is 0.102. The van der Waals surface area contributed by atoms with Crippen LogP contribution in [0.1, 0.15) is 12.8 Å². The van der Waals surface area contributed by atoms with Gasteiger partial charge in [-0.15, -0.1) is 0 Å². The van der Waals surface area contributed by atoms with Crippen LogP contribution >= 0.6 is 0 Å². The van der Waals surface area contributed by atoms with Crippen molar-refractivity contribution in [1.82, 2.24) is 14.8 Å². The van der Waals surface area contributed by atoms with E-state index in [1.54, 1.807) is 24.4 Å². The number of carbonyl (C=O) groups excluding carboxylic acids is 2. The maximum absolute atomic E-state index is 12.5. The van der Waals surface area contributed by atoms with E-state index in [2.05, 4.69) is 10.1 Å². The number of aromatic nitrogens is 1. The number of piperidine rings is 1. The number of halogens is 6. The van der Waals surface area contributed by atoms with E-state index in [4.69, 9.17) is 0 Å². The molecule has 2 amide bonds. The fraction of sp³-hybridized carbons (Fsp3) is 0.474. The third kappa shape index (κ3) is 5.42. The summed E-state index contributed by atoms with van der Waals surface area (Å²) in [4.78, 5) is 25.0. The summed E-state index contributed by atoms with van der Waals surface area (Å²) < 4.78 is 80.4. The summed E-state index contributed by atoms with van der Waals surface area (Å²) in [6.07, 6.45) is -15.1. The Hall–Kier alpha value is -2.92. The van der Waals surface area contributed by atoms with E-state index in [0.29, 0.717) is 12.8 Å². The molecule has 0 saturated carbocycles. The fourth-order valence-electron chi connectivity index (χ4n) is 3.39. The number of nitrogens with zero attached hydrogens (tertiary/aromatic N) is 2. The van der Waals surface area contributed by atoms with Crippen LogP contribution in [0.15, 0.2) is 36.5 Å². The van der Waals surface area contributed by atoms with Crippen molar-refractivity contribution in [2.24, 2.45) is 5.92 Å². The van der Waals surface area contributed by atoms with Gasteiger partial charge in [0.15, 0.2) is 0 Å². The van der Waals surface area contributed by atoms with Crippen LogP contribution in [0, 0.1) is 5.92 Å². The number of hydrogen-bond acceptors (Lipinski definition) is 3. The van der Waals surface area contributed by atoms with Gasteiger partial charge in [0.05, 0.1) is 5.52 Å². The number of amides is 2. The normalized spacial score (nSPS) is 16.0. The van der Waals surface area contributed by atoms with Crippen LogP contribution in [0.2, 0.25) is 0 Å². The van der Waals surface area contributed by atoms with Crippen molar-refractivity contribution in [1.29, 1.82) is 0 Å². The lowest BCUT2D eigenvalue weighted by molar-refractivity contribution is -0.308. The third-order valence-corrected chi connectivity index (χ3v) is 5.05. The number of ether oxygens (including phenoxy) is 1. The maximum atomic E-state index is 12.5. The number of para-hydroxylation sites is 1. The molecular weight excluding hydrogens is 432 g/mol. The molecule has 0 atom stereocenters. The SMILES string of the molecule is O=C(OC(C(F)(F)F)C(F)(F)F)N1CCC(CNC(=O)n2ccc3ccccc32)CC1. The first-order valence-electron chi connectivity index (χ1n) is 9.40. The van der Waals surface area contributed by atoms with Gasteiger partial charge >= 0.3 is 24.5 Å². The largest absolute Gasteiger partial charge is 0.434 e. The summed E-state index contributed by atoms with van der Waals surface area (Å²) in [5.74, 6) is -0.0872. The highest BCUT2D eigenvalue weighted by molar-refractivity contribution is 5.91. The first kappa shape index (κ1) is 22.8. The van der Waals surface area contributed by atoms with Crippen LogP contribution in [0.25, 0.3) is 10.9 Å². The number of rotatable bonds is 3. The highest BCUT2D eigenvalue weighted by atomic mass is 19.4. The minimum absolute atomic E-state index is 0.0751. The zero-order valence-corrected chi connectivity index (χ0v) is 16.0. The van der Waals surface area contributed by atoms with Gasteiger partial charge in [0.25, 0.3) is 6.10 Å². The molecule has 1 saturated heterocycles. The zero-order valence-electron chi connectivity index (χ0n) is 16.0. The van der Waals surface area contributed by atoms with Gasteiger partial charge < -0.3 is 15.0 Å². The van der Waals surface area contributed by atoms with Gasteiger partial charge in [-0.25, -0.2) is 9.59 Å². The molecule has 3 rings (SSSR count). The van der Waals surface area contributed by atoms with E-state index in [1.807, 2.05) is 12.1 Å². The third-order valence-electron chi connectivity index (χ3n) is 5.05. The van der Waals surface area contributed by atoms with Gasteiger partial charge in [-0.1, -0.05) is 18.2 Å². The van der Waals surface area contributed by atoms with Crippen molar-refractivity contribution in [3.8, 4) is 0 Å². The van der Waals surface area contributed by atoms with Crippen molar-refractivity contribution >= 4 is 23.0 Å². The van der Waals surface area contributed by atoms with Crippen molar-refractivity contribution in [2.45, 2.75) is 31.3 Å². The Balaban J connectivity index is 1.49. The van der Waals surface area contributed by atoms with E-state index in [0.717, 1.165) is 15.8 Å². The molecule has 6 nitrogen and oxygen atoms in total. The van der Waals surface area contributed by atoms with Crippen molar-refractivity contribution < 1.29 is 40.7 Å². The second-order valence-electron chi connectivity index (χ2n) is 7.21. The van der Waals surface area contributed by atoms with Gasteiger partial charge in [-0.3, -0.25) is 4.57 Å². The number of fused-ring (bicyclic) bond motifs is 1. The maximum Gasteiger partial charge on any atom is 0.434 e. The smallest absolute Gasteiger partial charge is 0.426 e. The van der Waals surface area contributed by atoms with Crippen LogP contribution in [0.3, 0.4) is 0 Å². The molecule has 1 aromatic carbocycles. The van der Waals surface area contributed by atoms with Crippen molar-refractivity contribution in [2.75, 3.05) is 19.6 Å². The molecule has 1 aromatic heterocycles. The molecule has 12 heteroatoms. The minimum Gasteiger partial charge on any atom is -0.426 e. The Kier molecular flexibility index (Phi) is 6.37. The predicted molar refractivity (Wildman–Crippen MR) is 97.4 cm³/mol. The molecule has 170 valence electrons. The number of likely N-dealkylation sites (tertiary alicyclic amines) is 1. The van der Waals surface area contributed by atoms with E-state index in [-0.39, 0.29) is 31.6 Å². The van der Waals surface area contributed by atoms with Crippen molar-refractivity contribution in [3.63, 3.8) is 0 Å². The van der Waals surface area contributed by atoms with Crippen LogP contribution in [-0.2, 0) is 4.74 Å². The zero-order chi connectivity index (χ0) is 22.8. The van der Waals surface area contributed by atoms with E-state index >= 15 is 0 Å². The summed E-state index contributed by atoms with van der Waals surface area (Å²) in [7, 11) is 0. The van der Waals surface area contributed by atoms with Crippen LogP contribution in [0.5, 0.6) is 0 Å². The Morgan fingerprint density at radius 2 is 1.65 bits per heavy atom. The Labute approximate surface area is 172 Å². The topological polar surface area (TPSA) is 63.6 Å². The lowest BCUT2D eigenvalue weighted by Gasteiger charge is -2.33. The molecule has 1 fully saturated rings. The quantitative estimate of drug-likeness (QED) is 0.697. The van der Waals surface area contributed by atoms with Gasteiger partial charge in [-0.05, 0) is 30.9 Å². The number of nitrogens with one attached hydrogen (secondary N) is 1. The number of benzene rings is 1. The summed E-state index contributed by atoms with van der Waals surface area (Å²) in [6, 6.07) is 8.71. The van der Waals surface area contributed by atoms with E-state index < -0.39 is 24.5 Å². The Bertz CT molecular complexity index is 918. The van der Waals surface area contributed by atoms with Gasteiger partial charge in [0.2, 0.25) is 0 Å². The molecule has 1 aliphatic heterocycles. The fourth-order valence-corrected chi connectivity index (χ4v) is 3.39. The standard InChI is InChI=1S/C19H19F6N3O3/c20-18(21,22)15(19(23,24)25)31-17(30)27-8-5-12(6-9-27)11-26-16(29)28-10-7-13-3-1-2-4-14(13)28/h1-4,7,10,12,15H,5-6,8-9,11H2,(H,26,29). The van der Waals surface area contributed by atoms with Gasteiger partial charge in [0, 0.05) is 31.2 Å². The predicted octanol–water partition coefficient (Wildman–Crippen LogP) is 4.54. The van der Waals surface area contributed by atoms with Crippen LogP contribution in [0.4, 0.5) is 35.9 Å². The number of alkyl halides is 6. The second kappa shape index (κ2) is 8.67. The van der Waals surface area contributed by atoms with Gasteiger partial charge in [-0.2, -0.15) is 26.3 Å². The average Bonchev–Trinajstić information content (AvgIpc) is 3.13. The number of carbonyl (C=O) groups is 2. The molecule has 0 unspecified atom stereocenters. The highest BCUT2D eigenvalue weighted by Gasteiger charge is 2.60. The monoisotopic (exact) mass is 451 g/mol. The lowest BCUT2D eigenvalue weighted by Crippen LogP contribution is -2.49. The number of hydrogen-bond donors (Lipinski definition) is 1. The molecular formula is C19H19F6N3O3. The lowest BCUT2D eigenvalue weighted by atomic mass is 9.97. The highest BCUT2D eigenvalue weighted by Crippen LogP contribution is 2.36. The molecule has 0 spiro atoms. The first-order valence-corrected chi connectivity index (χ1v) is 9.40. The molecule has 1 aliphatic rings. The molecule has 0 radical (unpaired) electrons. The first-order chi connectivity index (χ1) is 14.5. The van der Waals surface area contributed by atoms with Crippen molar-refractivity contribution in [3.05, 3.63) is 36.5 Å². The Morgan fingerprint density at radius 1 is 1.03 bits per heavy atom. The van der Waals surface area contributed by atoms with Gasteiger partial charge in [0.1, 0.15) is 0 Å². The summed E-state index contributed by atoms with van der Waals surface area (Å²) in [5.41, 5.74) is 0.724. The molecule has 2 aromatic rings. The van der Waals surface area contributed by atoms with Crippen LogP contribution in [-0.4, -0.2) is 59.7 Å². The second-order valence-corrected chi connectivity index (χ2v) is 7.21. The summed E-state index contributed by atoms with van der Waals surface area (Å²) >= 11 is 0. The van der Waals surface area contributed by atoms with E-state index in [1.165, 1.54) is 4.57 Å². The molecule has 0 bridgehead atoms. The van der Waals surface area contributed by atoms with Crippen LogP contribution < -0.4 is 5.32 Å². The molecule has 0 aliphatic carbocycles.